The summed E-state index contributed by atoms with van der Waals surface area (Å²) in [4.78, 5) is 14.3. The van der Waals surface area contributed by atoms with E-state index in [-0.39, 0.29) is 0 Å². The smallest absolute Gasteiger partial charge is 0.124 e. The van der Waals surface area contributed by atoms with Crippen LogP contribution in [0.2, 0.25) is 0 Å². The zero-order chi connectivity index (χ0) is 24.2. The van der Waals surface area contributed by atoms with Crippen molar-refractivity contribution in [2.45, 2.75) is 0 Å². The number of anilines is 2. The fourth-order valence-electron chi connectivity index (χ4n) is 4.39. The van der Waals surface area contributed by atoms with Gasteiger partial charge >= 0.3 is 0 Å². The second kappa shape index (κ2) is 10.3. The SMILES string of the molecule is COc1cc(OC)cc(N(CCN2CCNCC2)c2ccc3ncc(-c4cnn(C)c4)nc3c2)c1. The molecular weight excluding hydrogens is 442 g/mol. The second-order valence-corrected chi connectivity index (χ2v) is 8.65. The summed E-state index contributed by atoms with van der Waals surface area (Å²) in [6.45, 7) is 5.91. The quantitative estimate of drug-likeness (QED) is 0.418. The van der Waals surface area contributed by atoms with Crippen molar-refractivity contribution in [1.82, 2.24) is 30.0 Å². The van der Waals surface area contributed by atoms with Crippen LogP contribution >= 0.6 is 0 Å². The standard InChI is InChI=1S/C26H31N7O2/c1-31-18-19(16-29-31)26-17-28-24-5-4-20(14-25(24)30-26)33(11-10-32-8-6-27-7-9-32)21-12-22(34-2)15-23(13-21)35-3/h4-5,12-18,27H,6-11H2,1-3H3. The molecule has 0 saturated carbocycles. The Hall–Kier alpha value is -3.69. The molecule has 0 spiro atoms. The molecule has 9 heteroatoms. The number of methoxy groups -OCH3 is 2. The predicted octanol–water partition coefficient (Wildman–Crippen LogP) is 3.09. The summed E-state index contributed by atoms with van der Waals surface area (Å²) in [6, 6.07) is 12.2. The Labute approximate surface area is 205 Å². The van der Waals surface area contributed by atoms with Gasteiger partial charge in [-0.2, -0.15) is 5.10 Å². The summed E-state index contributed by atoms with van der Waals surface area (Å²) in [5, 5.41) is 7.69. The van der Waals surface area contributed by atoms with Gasteiger partial charge in [0.15, 0.2) is 0 Å². The summed E-state index contributed by atoms with van der Waals surface area (Å²) in [5.41, 5.74) is 5.49. The third-order valence-electron chi connectivity index (χ3n) is 6.34. The molecule has 0 amide bonds. The van der Waals surface area contributed by atoms with Gasteiger partial charge in [-0.1, -0.05) is 0 Å². The van der Waals surface area contributed by atoms with Crippen molar-refractivity contribution < 1.29 is 9.47 Å². The lowest BCUT2D eigenvalue weighted by atomic mass is 10.2. The van der Waals surface area contributed by atoms with E-state index in [9.17, 15) is 0 Å². The van der Waals surface area contributed by atoms with Crippen LogP contribution in [0.1, 0.15) is 0 Å². The molecule has 0 bridgehead atoms. The number of rotatable bonds is 8. The van der Waals surface area contributed by atoms with Crippen LogP contribution < -0.4 is 19.7 Å². The normalized spacial score (nSPS) is 14.3. The zero-order valence-corrected chi connectivity index (χ0v) is 20.4. The molecule has 182 valence electrons. The first-order valence-electron chi connectivity index (χ1n) is 11.8. The van der Waals surface area contributed by atoms with Gasteiger partial charge in [0.05, 0.1) is 43.3 Å². The Morgan fingerprint density at radius 3 is 2.40 bits per heavy atom. The molecule has 0 atom stereocenters. The van der Waals surface area contributed by atoms with Gasteiger partial charge in [-0.15, -0.1) is 0 Å². The van der Waals surface area contributed by atoms with Crippen LogP contribution in [0, 0.1) is 0 Å². The minimum Gasteiger partial charge on any atom is -0.497 e. The maximum atomic E-state index is 5.56. The first-order chi connectivity index (χ1) is 17.1. The van der Waals surface area contributed by atoms with Crippen molar-refractivity contribution in [2.24, 2.45) is 7.05 Å². The van der Waals surface area contributed by atoms with Crippen molar-refractivity contribution in [3.63, 3.8) is 0 Å². The number of aromatic nitrogens is 4. The van der Waals surface area contributed by atoms with E-state index in [1.807, 2.05) is 43.7 Å². The van der Waals surface area contributed by atoms with Crippen molar-refractivity contribution in [1.29, 1.82) is 0 Å². The van der Waals surface area contributed by atoms with Crippen LogP contribution in [-0.2, 0) is 7.05 Å². The fraction of sp³-hybridized carbons (Fsp3) is 0.346. The van der Waals surface area contributed by atoms with Crippen LogP contribution in [-0.4, -0.2) is 78.1 Å². The number of hydrogen-bond acceptors (Lipinski definition) is 8. The molecule has 1 saturated heterocycles. The Bertz CT molecular complexity index is 1280. The highest BCUT2D eigenvalue weighted by atomic mass is 16.5. The fourth-order valence-corrected chi connectivity index (χ4v) is 4.39. The molecule has 9 nitrogen and oxygen atoms in total. The summed E-state index contributed by atoms with van der Waals surface area (Å²) in [5.74, 6) is 1.51. The lowest BCUT2D eigenvalue weighted by molar-refractivity contribution is 0.247. The Morgan fingerprint density at radius 2 is 1.71 bits per heavy atom. The number of hydrogen-bond donors (Lipinski definition) is 1. The molecule has 5 rings (SSSR count). The van der Waals surface area contributed by atoms with Crippen molar-refractivity contribution in [3.05, 3.63) is 55.0 Å². The maximum absolute atomic E-state index is 5.56. The first-order valence-corrected chi connectivity index (χ1v) is 11.8. The van der Waals surface area contributed by atoms with Gasteiger partial charge in [0, 0.05) is 87.7 Å². The molecule has 35 heavy (non-hydrogen) atoms. The van der Waals surface area contributed by atoms with E-state index < -0.39 is 0 Å². The minimum atomic E-state index is 0.756. The van der Waals surface area contributed by atoms with Gasteiger partial charge in [-0.05, 0) is 18.2 Å². The van der Waals surface area contributed by atoms with Gasteiger partial charge in [0.1, 0.15) is 11.5 Å². The number of nitrogens with zero attached hydrogens (tertiary/aromatic N) is 6. The Morgan fingerprint density at radius 1 is 0.943 bits per heavy atom. The minimum absolute atomic E-state index is 0.756. The third kappa shape index (κ3) is 5.21. The van der Waals surface area contributed by atoms with E-state index in [1.54, 1.807) is 25.1 Å². The number of benzene rings is 2. The van der Waals surface area contributed by atoms with Crippen LogP contribution in [0.4, 0.5) is 11.4 Å². The van der Waals surface area contributed by atoms with Gasteiger partial charge in [0.25, 0.3) is 0 Å². The van der Waals surface area contributed by atoms with E-state index in [4.69, 9.17) is 14.5 Å². The Balaban J connectivity index is 1.53. The van der Waals surface area contributed by atoms with Crippen molar-refractivity contribution in [3.8, 4) is 22.8 Å². The summed E-state index contributed by atoms with van der Waals surface area (Å²) < 4.78 is 12.9. The third-order valence-corrected chi connectivity index (χ3v) is 6.34. The van der Waals surface area contributed by atoms with Gasteiger partial charge in [-0.25, -0.2) is 4.98 Å². The molecule has 1 aliphatic rings. The highest BCUT2D eigenvalue weighted by Gasteiger charge is 2.17. The highest BCUT2D eigenvalue weighted by molar-refractivity contribution is 5.82. The van der Waals surface area contributed by atoms with Gasteiger partial charge < -0.3 is 19.7 Å². The van der Waals surface area contributed by atoms with Crippen molar-refractivity contribution >= 4 is 22.4 Å². The highest BCUT2D eigenvalue weighted by Crippen LogP contribution is 2.34. The lowest BCUT2D eigenvalue weighted by Crippen LogP contribution is -2.45. The molecule has 0 aliphatic carbocycles. The van der Waals surface area contributed by atoms with Gasteiger partial charge in [0.2, 0.25) is 0 Å². The summed E-state index contributed by atoms with van der Waals surface area (Å²) in [7, 11) is 5.25. The van der Waals surface area contributed by atoms with Gasteiger partial charge in [-0.3, -0.25) is 14.6 Å². The number of nitrogens with one attached hydrogen (secondary N) is 1. The number of aryl methyl sites for hydroxylation is 1. The zero-order valence-electron chi connectivity index (χ0n) is 20.4. The molecule has 4 aromatic rings. The van der Waals surface area contributed by atoms with Crippen LogP contribution in [0.15, 0.2) is 55.0 Å². The predicted molar refractivity (Wildman–Crippen MR) is 138 cm³/mol. The molecule has 1 aliphatic heterocycles. The van der Waals surface area contributed by atoms with E-state index in [2.05, 4.69) is 37.3 Å². The number of piperazine rings is 1. The average molecular weight is 474 g/mol. The van der Waals surface area contributed by atoms with E-state index >= 15 is 0 Å². The van der Waals surface area contributed by atoms with E-state index in [0.717, 1.165) is 84.4 Å². The summed E-state index contributed by atoms with van der Waals surface area (Å²) >= 11 is 0. The summed E-state index contributed by atoms with van der Waals surface area (Å²) in [6.07, 6.45) is 5.55. The monoisotopic (exact) mass is 473 g/mol. The van der Waals surface area contributed by atoms with Crippen LogP contribution in [0.25, 0.3) is 22.3 Å². The van der Waals surface area contributed by atoms with Crippen LogP contribution in [0.5, 0.6) is 11.5 Å². The first kappa shape index (κ1) is 23.1. The number of ether oxygens (including phenoxy) is 2. The molecule has 1 fully saturated rings. The maximum Gasteiger partial charge on any atom is 0.124 e. The van der Waals surface area contributed by atoms with Crippen molar-refractivity contribution in [2.75, 3.05) is 58.4 Å². The van der Waals surface area contributed by atoms with E-state index in [1.165, 1.54) is 0 Å². The molecule has 3 heterocycles. The van der Waals surface area contributed by atoms with E-state index in [0.29, 0.717) is 0 Å². The molecule has 1 N–H and O–H groups in total. The molecule has 0 radical (unpaired) electrons. The molecule has 2 aromatic heterocycles. The topological polar surface area (TPSA) is 80.6 Å². The van der Waals surface area contributed by atoms with Crippen LogP contribution in [0.3, 0.4) is 0 Å². The largest absolute Gasteiger partial charge is 0.497 e. The number of fused-ring (bicyclic) bond motifs is 1. The Kier molecular flexibility index (Phi) is 6.78. The average Bonchev–Trinajstić information content (AvgIpc) is 3.35. The molecule has 0 unspecified atom stereocenters. The molecule has 2 aromatic carbocycles. The molecular formula is C26H31N7O2. The lowest BCUT2D eigenvalue weighted by Gasteiger charge is -2.32. The second-order valence-electron chi connectivity index (χ2n) is 8.65.